The molecule has 5 heteroatoms. The van der Waals surface area contributed by atoms with Crippen LogP contribution in [0.1, 0.15) is 35.8 Å². The third kappa shape index (κ3) is 4.36. The van der Waals surface area contributed by atoms with Crippen LogP contribution in [0.25, 0.3) is 0 Å². The summed E-state index contributed by atoms with van der Waals surface area (Å²) >= 11 is 11.4. The first-order chi connectivity index (χ1) is 7.90. The van der Waals surface area contributed by atoms with Crippen molar-refractivity contribution >= 4 is 29.1 Å². The van der Waals surface area contributed by atoms with E-state index in [0.29, 0.717) is 15.7 Å². The van der Waals surface area contributed by atoms with Crippen molar-refractivity contribution in [2.24, 2.45) is 0 Å². The van der Waals surface area contributed by atoms with Crippen LogP contribution in [0.4, 0.5) is 0 Å². The van der Waals surface area contributed by atoms with E-state index in [0.717, 1.165) is 5.69 Å². The molecule has 1 aromatic heterocycles. The van der Waals surface area contributed by atoms with Gasteiger partial charge in [0.15, 0.2) is 0 Å². The Balaban J connectivity index is 2.90. The Bertz CT molecular complexity index is 444. The fourth-order valence-electron chi connectivity index (χ4n) is 1.22. The maximum atomic E-state index is 11.8. The van der Waals surface area contributed by atoms with Gasteiger partial charge in [0.2, 0.25) is 0 Å². The highest BCUT2D eigenvalue weighted by molar-refractivity contribution is 6.30. The smallest absolute Gasteiger partial charge is 0.251 e. The molecule has 1 N–H and O–H groups in total. The summed E-state index contributed by atoms with van der Waals surface area (Å²) in [6.45, 7) is 7.70. The second-order valence-electron chi connectivity index (χ2n) is 3.96. The van der Waals surface area contributed by atoms with Crippen molar-refractivity contribution in [3.8, 4) is 0 Å². The standard InChI is InChI=1S/C12H14Cl2N2O/c1-7(2)10-4-9(5-11(14)16-10)12(17)15-6-8(3)13/h4-5,7H,3,6H2,1-2H3,(H,15,17). The highest BCUT2D eigenvalue weighted by atomic mass is 35.5. The zero-order chi connectivity index (χ0) is 13.0. The number of carbonyl (C=O) groups excluding carboxylic acids is 1. The van der Waals surface area contributed by atoms with Gasteiger partial charge in [-0.05, 0) is 18.1 Å². The normalized spacial score (nSPS) is 10.4. The average molecular weight is 273 g/mol. The van der Waals surface area contributed by atoms with Crippen LogP contribution in [0.3, 0.4) is 0 Å². The molecule has 1 aromatic rings. The number of carbonyl (C=O) groups is 1. The van der Waals surface area contributed by atoms with Gasteiger partial charge in [-0.25, -0.2) is 4.98 Å². The summed E-state index contributed by atoms with van der Waals surface area (Å²) in [4.78, 5) is 15.9. The number of halogens is 2. The SMILES string of the molecule is C=C(Cl)CNC(=O)c1cc(Cl)nc(C(C)C)c1. The highest BCUT2D eigenvalue weighted by Crippen LogP contribution is 2.17. The molecule has 0 fully saturated rings. The Labute approximate surface area is 111 Å². The summed E-state index contributed by atoms with van der Waals surface area (Å²) in [6.07, 6.45) is 0. The third-order valence-electron chi connectivity index (χ3n) is 2.11. The molecule has 17 heavy (non-hydrogen) atoms. The number of nitrogens with one attached hydrogen (secondary N) is 1. The molecular formula is C12H14Cl2N2O. The van der Waals surface area contributed by atoms with E-state index >= 15 is 0 Å². The van der Waals surface area contributed by atoms with Crippen molar-refractivity contribution < 1.29 is 4.79 Å². The van der Waals surface area contributed by atoms with Crippen LogP contribution in [-0.2, 0) is 0 Å². The van der Waals surface area contributed by atoms with Crippen molar-refractivity contribution in [3.05, 3.63) is 40.2 Å². The molecule has 1 rings (SSSR count). The largest absolute Gasteiger partial charge is 0.347 e. The number of amides is 1. The second-order valence-corrected chi connectivity index (χ2v) is 4.88. The van der Waals surface area contributed by atoms with Crippen molar-refractivity contribution in [1.29, 1.82) is 0 Å². The zero-order valence-corrected chi connectivity index (χ0v) is 11.3. The van der Waals surface area contributed by atoms with Gasteiger partial charge in [0, 0.05) is 16.3 Å². The lowest BCUT2D eigenvalue weighted by Gasteiger charge is -2.08. The van der Waals surface area contributed by atoms with Gasteiger partial charge in [0.05, 0.1) is 6.54 Å². The Morgan fingerprint density at radius 1 is 1.53 bits per heavy atom. The lowest BCUT2D eigenvalue weighted by Crippen LogP contribution is -2.24. The molecule has 0 saturated carbocycles. The summed E-state index contributed by atoms with van der Waals surface area (Å²) in [5, 5.41) is 3.32. The van der Waals surface area contributed by atoms with Gasteiger partial charge in [-0.2, -0.15) is 0 Å². The van der Waals surface area contributed by atoms with E-state index in [9.17, 15) is 4.79 Å². The fourth-order valence-corrected chi connectivity index (χ4v) is 1.50. The molecule has 0 bridgehead atoms. The fraction of sp³-hybridized carbons (Fsp3) is 0.333. The van der Waals surface area contributed by atoms with Crippen molar-refractivity contribution in [3.63, 3.8) is 0 Å². The minimum atomic E-state index is -0.238. The molecule has 0 atom stereocenters. The molecule has 3 nitrogen and oxygen atoms in total. The number of rotatable bonds is 4. The first-order valence-electron chi connectivity index (χ1n) is 5.19. The van der Waals surface area contributed by atoms with Gasteiger partial charge in [0.1, 0.15) is 5.15 Å². The van der Waals surface area contributed by atoms with E-state index in [-0.39, 0.29) is 18.4 Å². The van der Waals surface area contributed by atoms with Crippen LogP contribution in [0.15, 0.2) is 23.7 Å². The lowest BCUT2D eigenvalue weighted by molar-refractivity contribution is 0.0957. The number of hydrogen-bond acceptors (Lipinski definition) is 2. The summed E-state index contributed by atoms with van der Waals surface area (Å²) in [5.74, 6) is -0.0266. The number of nitrogens with zero attached hydrogens (tertiary/aromatic N) is 1. The molecule has 0 aromatic carbocycles. The van der Waals surface area contributed by atoms with Crippen LogP contribution >= 0.6 is 23.2 Å². The van der Waals surface area contributed by atoms with Gasteiger partial charge in [-0.15, -0.1) is 0 Å². The predicted octanol–water partition coefficient (Wildman–Crippen LogP) is 3.34. The Morgan fingerprint density at radius 3 is 2.71 bits per heavy atom. The summed E-state index contributed by atoms with van der Waals surface area (Å²) in [7, 11) is 0. The summed E-state index contributed by atoms with van der Waals surface area (Å²) in [6, 6.07) is 3.25. The molecule has 0 aliphatic rings. The minimum absolute atomic E-state index is 0.211. The maximum Gasteiger partial charge on any atom is 0.251 e. The van der Waals surface area contributed by atoms with Crippen molar-refractivity contribution in [1.82, 2.24) is 10.3 Å². The monoisotopic (exact) mass is 272 g/mol. The van der Waals surface area contributed by atoms with Gasteiger partial charge in [0.25, 0.3) is 5.91 Å². The molecule has 0 unspecified atom stereocenters. The number of aromatic nitrogens is 1. The number of hydrogen-bond donors (Lipinski definition) is 1. The molecule has 0 aliphatic heterocycles. The Hall–Kier alpha value is -1.06. The highest BCUT2D eigenvalue weighted by Gasteiger charge is 2.10. The molecular weight excluding hydrogens is 259 g/mol. The van der Waals surface area contributed by atoms with E-state index in [2.05, 4.69) is 16.9 Å². The van der Waals surface area contributed by atoms with Crippen LogP contribution in [0, 0.1) is 0 Å². The van der Waals surface area contributed by atoms with Crippen LogP contribution in [0.2, 0.25) is 5.15 Å². The van der Waals surface area contributed by atoms with E-state index in [1.54, 1.807) is 6.07 Å². The summed E-state index contributed by atoms with van der Waals surface area (Å²) < 4.78 is 0. The molecule has 92 valence electrons. The van der Waals surface area contributed by atoms with Crippen LogP contribution < -0.4 is 5.32 Å². The second kappa shape index (κ2) is 6.03. The van der Waals surface area contributed by atoms with Crippen LogP contribution in [0.5, 0.6) is 0 Å². The maximum absolute atomic E-state index is 11.8. The van der Waals surface area contributed by atoms with Crippen molar-refractivity contribution in [2.75, 3.05) is 6.54 Å². The lowest BCUT2D eigenvalue weighted by atomic mass is 10.1. The Morgan fingerprint density at radius 2 is 2.18 bits per heavy atom. The van der Waals surface area contributed by atoms with E-state index < -0.39 is 0 Å². The van der Waals surface area contributed by atoms with Crippen molar-refractivity contribution in [2.45, 2.75) is 19.8 Å². The van der Waals surface area contributed by atoms with E-state index in [4.69, 9.17) is 23.2 Å². The first-order valence-corrected chi connectivity index (χ1v) is 5.94. The first kappa shape index (κ1) is 14.0. The predicted molar refractivity (Wildman–Crippen MR) is 70.7 cm³/mol. The molecule has 0 spiro atoms. The molecule has 1 amide bonds. The van der Waals surface area contributed by atoms with Gasteiger partial charge >= 0.3 is 0 Å². The average Bonchev–Trinajstić information content (AvgIpc) is 2.24. The molecule has 0 aliphatic carbocycles. The van der Waals surface area contributed by atoms with E-state index in [1.807, 2.05) is 13.8 Å². The molecule has 0 saturated heterocycles. The van der Waals surface area contributed by atoms with Gasteiger partial charge in [-0.3, -0.25) is 4.79 Å². The van der Waals surface area contributed by atoms with Gasteiger partial charge < -0.3 is 5.32 Å². The van der Waals surface area contributed by atoms with E-state index in [1.165, 1.54) is 6.07 Å². The Kier molecular flexibility index (Phi) is 4.97. The van der Waals surface area contributed by atoms with Crippen LogP contribution in [-0.4, -0.2) is 17.4 Å². The molecule has 1 heterocycles. The molecule has 0 radical (unpaired) electrons. The third-order valence-corrected chi connectivity index (χ3v) is 2.44. The topological polar surface area (TPSA) is 42.0 Å². The zero-order valence-electron chi connectivity index (χ0n) is 9.76. The summed E-state index contributed by atoms with van der Waals surface area (Å²) in [5.41, 5.74) is 1.26. The van der Waals surface area contributed by atoms with Gasteiger partial charge in [-0.1, -0.05) is 43.6 Å². The quantitative estimate of drug-likeness (QED) is 0.855. The number of pyridine rings is 1. The minimum Gasteiger partial charge on any atom is -0.347 e.